The lowest BCUT2D eigenvalue weighted by molar-refractivity contribution is -0.122. The van der Waals surface area contributed by atoms with Gasteiger partial charge in [0.1, 0.15) is 11.6 Å². The van der Waals surface area contributed by atoms with Gasteiger partial charge in [-0.1, -0.05) is 37.2 Å². The van der Waals surface area contributed by atoms with Gasteiger partial charge in [-0.3, -0.25) is 15.1 Å². The van der Waals surface area contributed by atoms with E-state index in [-0.39, 0.29) is 25.8 Å². The van der Waals surface area contributed by atoms with Crippen LogP contribution in [-0.2, 0) is 11.2 Å². The van der Waals surface area contributed by atoms with Gasteiger partial charge in [-0.05, 0) is 54.8 Å². The van der Waals surface area contributed by atoms with Gasteiger partial charge in [0.2, 0.25) is 11.6 Å². The molecule has 37 heavy (non-hydrogen) atoms. The fourth-order valence-corrected chi connectivity index (χ4v) is 3.29. The maximum absolute atomic E-state index is 12.4. The summed E-state index contributed by atoms with van der Waals surface area (Å²) in [5.74, 6) is 0.447. The van der Waals surface area contributed by atoms with E-state index in [1.165, 1.54) is 12.3 Å². The zero-order valence-corrected chi connectivity index (χ0v) is 20.1. The van der Waals surface area contributed by atoms with Crippen molar-refractivity contribution in [2.75, 3.05) is 29.5 Å². The normalized spacial score (nSPS) is 10.8. The van der Waals surface area contributed by atoms with Crippen molar-refractivity contribution in [1.29, 1.82) is 0 Å². The average Bonchev–Trinajstić information content (AvgIpc) is 2.86. The van der Waals surface area contributed by atoms with Crippen molar-refractivity contribution in [3.63, 3.8) is 0 Å². The van der Waals surface area contributed by atoms with Crippen LogP contribution in [0.15, 0.2) is 60.8 Å². The van der Waals surface area contributed by atoms with Gasteiger partial charge in [-0.15, -0.1) is 0 Å². The molecule has 0 spiro atoms. The third kappa shape index (κ3) is 9.33. The van der Waals surface area contributed by atoms with Gasteiger partial charge in [0.05, 0.1) is 24.9 Å². The average molecular weight is 524 g/mol. The molecule has 1 heterocycles. The molecule has 0 radical (unpaired) electrons. The van der Waals surface area contributed by atoms with Crippen LogP contribution in [0.2, 0.25) is 5.02 Å². The molecule has 0 fully saturated rings. The molecule has 0 saturated carbocycles. The first-order valence-corrected chi connectivity index (χ1v) is 11.4. The highest BCUT2D eigenvalue weighted by molar-refractivity contribution is 6.31. The first-order valence-electron chi connectivity index (χ1n) is 11.1. The maximum atomic E-state index is 12.4. The van der Waals surface area contributed by atoms with E-state index < -0.39 is 12.1 Å². The van der Waals surface area contributed by atoms with E-state index in [1.54, 1.807) is 36.4 Å². The van der Waals surface area contributed by atoms with Gasteiger partial charge >= 0.3 is 6.03 Å². The summed E-state index contributed by atoms with van der Waals surface area (Å²) >= 11 is 6.07. The summed E-state index contributed by atoms with van der Waals surface area (Å²) < 4.78 is 5.78. The van der Waals surface area contributed by atoms with Crippen molar-refractivity contribution < 1.29 is 14.3 Å². The van der Waals surface area contributed by atoms with Crippen LogP contribution in [0.5, 0.6) is 5.75 Å². The fraction of sp³-hybridized carbons (Fsp3) is 0.231. The standard InChI is InChI=1S/C25H26ClN7O3.CH4/c1-29-19-8-10-23(31-15-19)33-25(35)32-21-14-17(26)5-9-22(21)36-12-2-11-30-24(34)20(28)13-16-3-6-18(27)7-4-16;/h3-10,14-15,20H,2,11-13,27-28H2,(H,30,34)(H2,31,32,33,35);1H4/t20-;/m0./s1. The molecule has 0 bridgehead atoms. The van der Waals surface area contributed by atoms with Gasteiger partial charge in [0, 0.05) is 23.5 Å². The number of amides is 3. The molecule has 194 valence electrons. The van der Waals surface area contributed by atoms with Gasteiger partial charge < -0.3 is 26.8 Å². The van der Waals surface area contributed by atoms with Crippen LogP contribution in [0, 0.1) is 6.57 Å². The molecular formula is C26H30ClN7O3. The first kappa shape index (κ1) is 28.9. The third-order valence-electron chi connectivity index (χ3n) is 4.96. The van der Waals surface area contributed by atoms with Crippen LogP contribution in [0.25, 0.3) is 4.85 Å². The molecule has 3 rings (SSSR count). The number of hydrogen-bond donors (Lipinski definition) is 5. The molecule has 0 aliphatic heterocycles. The predicted octanol–water partition coefficient (Wildman–Crippen LogP) is 4.60. The lowest BCUT2D eigenvalue weighted by atomic mass is 10.1. The summed E-state index contributed by atoms with van der Waals surface area (Å²) in [5.41, 5.74) is 14.0. The number of urea groups is 1. The summed E-state index contributed by atoms with van der Waals surface area (Å²) in [7, 11) is 0. The van der Waals surface area contributed by atoms with Crippen LogP contribution in [-0.4, -0.2) is 36.1 Å². The highest BCUT2D eigenvalue weighted by Crippen LogP contribution is 2.28. The molecule has 0 unspecified atom stereocenters. The number of ether oxygens (including phenoxy) is 1. The maximum Gasteiger partial charge on any atom is 0.324 e. The van der Waals surface area contributed by atoms with Crippen molar-refractivity contribution in [3.05, 3.63) is 82.8 Å². The third-order valence-corrected chi connectivity index (χ3v) is 5.19. The number of anilines is 3. The van der Waals surface area contributed by atoms with E-state index in [9.17, 15) is 9.59 Å². The first-order chi connectivity index (χ1) is 17.3. The molecular weight excluding hydrogens is 494 g/mol. The highest BCUT2D eigenvalue weighted by Gasteiger charge is 2.14. The number of halogens is 1. The van der Waals surface area contributed by atoms with E-state index in [1.807, 2.05) is 12.1 Å². The predicted molar refractivity (Wildman–Crippen MR) is 147 cm³/mol. The second-order valence-electron chi connectivity index (χ2n) is 7.78. The molecule has 0 aliphatic rings. The van der Waals surface area contributed by atoms with Crippen molar-refractivity contribution in [3.8, 4) is 5.75 Å². The number of aromatic nitrogens is 1. The quantitative estimate of drug-likeness (QED) is 0.149. The van der Waals surface area contributed by atoms with Crippen LogP contribution in [0.3, 0.4) is 0 Å². The Balaban J connectivity index is 0.00000481. The summed E-state index contributed by atoms with van der Waals surface area (Å²) in [6.07, 6.45) is 2.29. The van der Waals surface area contributed by atoms with Crippen molar-refractivity contribution >= 4 is 46.4 Å². The van der Waals surface area contributed by atoms with E-state index in [2.05, 4.69) is 25.8 Å². The molecule has 7 N–H and O–H groups in total. The Bertz CT molecular complexity index is 1230. The lowest BCUT2D eigenvalue weighted by Gasteiger charge is -2.15. The molecule has 3 aromatic rings. The number of carbonyl (C=O) groups is 2. The number of nitrogen functional groups attached to an aromatic ring is 1. The minimum atomic E-state index is -0.674. The lowest BCUT2D eigenvalue weighted by Crippen LogP contribution is -2.42. The van der Waals surface area contributed by atoms with E-state index in [0.717, 1.165) is 5.56 Å². The Hall–Kier alpha value is -4.33. The number of nitrogens with two attached hydrogens (primary N) is 2. The second kappa shape index (κ2) is 14.3. The Morgan fingerprint density at radius 1 is 1.11 bits per heavy atom. The zero-order valence-electron chi connectivity index (χ0n) is 19.3. The second-order valence-corrected chi connectivity index (χ2v) is 8.21. The number of hydrogen-bond acceptors (Lipinski definition) is 6. The van der Waals surface area contributed by atoms with Gasteiger partial charge in [0.15, 0.2) is 0 Å². The van der Waals surface area contributed by atoms with Crippen LogP contribution < -0.4 is 32.2 Å². The van der Waals surface area contributed by atoms with Crippen molar-refractivity contribution in [2.24, 2.45) is 5.73 Å². The SMILES string of the molecule is C.[C-]#[N+]c1ccc(NC(=O)Nc2cc(Cl)ccc2OCCCNC(=O)[C@@H](N)Cc2ccc(N)cc2)nc1. The summed E-state index contributed by atoms with van der Waals surface area (Å²) in [5, 5.41) is 8.47. The fourth-order valence-electron chi connectivity index (χ4n) is 3.12. The Kier molecular flexibility index (Phi) is 11.2. The zero-order chi connectivity index (χ0) is 25.9. The number of benzene rings is 2. The monoisotopic (exact) mass is 523 g/mol. The largest absolute Gasteiger partial charge is 0.491 e. The van der Waals surface area contributed by atoms with Crippen molar-refractivity contribution in [2.45, 2.75) is 26.3 Å². The molecule has 3 amide bonds. The van der Waals surface area contributed by atoms with Crippen LogP contribution >= 0.6 is 11.6 Å². The smallest absolute Gasteiger partial charge is 0.324 e. The number of carbonyl (C=O) groups excluding carboxylic acids is 2. The molecule has 2 aromatic carbocycles. The highest BCUT2D eigenvalue weighted by atomic mass is 35.5. The topological polar surface area (TPSA) is 149 Å². The number of rotatable bonds is 10. The molecule has 0 aliphatic carbocycles. The van der Waals surface area contributed by atoms with E-state index in [4.69, 9.17) is 34.4 Å². The van der Waals surface area contributed by atoms with Crippen molar-refractivity contribution in [1.82, 2.24) is 10.3 Å². The number of nitrogens with zero attached hydrogens (tertiary/aromatic N) is 2. The van der Waals surface area contributed by atoms with Gasteiger partial charge in [-0.2, -0.15) is 0 Å². The Morgan fingerprint density at radius 3 is 2.54 bits per heavy atom. The van der Waals surface area contributed by atoms with Gasteiger partial charge in [0.25, 0.3) is 0 Å². The Labute approximate surface area is 221 Å². The molecule has 10 nitrogen and oxygen atoms in total. The van der Waals surface area contributed by atoms with E-state index >= 15 is 0 Å². The van der Waals surface area contributed by atoms with Crippen LogP contribution in [0.1, 0.15) is 19.4 Å². The molecule has 1 aromatic heterocycles. The van der Waals surface area contributed by atoms with E-state index in [0.29, 0.717) is 47.2 Å². The summed E-state index contributed by atoms with van der Waals surface area (Å²) in [6.45, 7) is 7.60. The molecule has 0 saturated heterocycles. The minimum Gasteiger partial charge on any atom is -0.491 e. The molecule has 11 heteroatoms. The number of nitrogens with one attached hydrogen (secondary N) is 3. The minimum absolute atomic E-state index is 0. The van der Waals surface area contributed by atoms with Gasteiger partial charge in [-0.25, -0.2) is 9.64 Å². The summed E-state index contributed by atoms with van der Waals surface area (Å²) in [6, 6.07) is 13.9. The Morgan fingerprint density at radius 2 is 1.86 bits per heavy atom. The number of pyridine rings is 1. The summed E-state index contributed by atoms with van der Waals surface area (Å²) in [4.78, 5) is 31.9. The van der Waals surface area contributed by atoms with Crippen LogP contribution in [0.4, 0.5) is 27.7 Å². The molecule has 1 atom stereocenters.